The third-order valence-electron chi connectivity index (χ3n) is 4.64. The van der Waals surface area contributed by atoms with Crippen LogP contribution in [0.2, 0.25) is 0 Å². The van der Waals surface area contributed by atoms with E-state index in [0.29, 0.717) is 6.29 Å². The molecule has 0 aliphatic heterocycles. The van der Waals surface area contributed by atoms with Crippen LogP contribution in [0.4, 0.5) is 0 Å². The van der Waals surface area contributed by atoms with Gasteiger partial charge in [-0.05, 0) is 34.6 Å². The minimum atomic E-state index is -1.01. The van der Waals surface area contributed by atoms with Gasteiger partial charge >= 0.3 is 0 Å². The van der Waals surface area contributed by atoms with Crippen molar-refractivity contribution < 1.29 is 23.9 Å². The Morgan fingerprint density at radius 1 is 0.958 bits per heavy atom. The Hall–Kier alpha value is -1.07. The number of ketones is 2. The normalized spacial score (nSPS) is 15.1. The summed E-state index contributed by atoms with van der Waals surface area (Å²) in [7, 11) is 0. The maximum absolute atomic E-state index is 12.6. The molecule has 0 bridgehead atoms. The van der Waals surface area contributed by atoms with Crippen molar-refractivity contribution in [3.8, 4) is 0 Å². The summed E-state index contributed by atoms with van der Waals surface area (Å²) in [5.74, 6) is -0.199. The Balaban J connectivity index is 5.13. The highest BCUT2D eigenvalue weighted by atomic mass is 16.5. The average Bonchev–Trinajstić information content (AvgIpc) is 2.42. The van der Waals surface area contributed by atoms with E-state index in [0.717, 1.165) is 0 Å². The summed E-state index contributed by atoms with van der Waals surface area (Å²) in [6, 6.07) is 0. The summed E-state index contributed by atoms with van der Waals surface area (Å²) in [6.45, 7) is 17.4. The zero-order valence-corrected chi connectivity index (χ0v) is 16.9. The fourth-order valence-electron chi connectivity index (χ4n) is 2.05. The van der Waals surface area contributed by atoms with Gasteiger partial charge in [-0.2, -0.15) is 0 Å². The smallest absolute Gasteiger partial charge is 0.166 e. The van der Waals surface area contributed by atoms with E-state index in [4.69, 9.17) is 9.47 Å². The lowest BCUT2D eigenvalue weighted by Crippen LogP contribution is -2.52. The van der Waals surface area contributed by atoms with E-state index in [9.17, 15) is 14.4 Å². The maximum Gasteiger partial charge on any atom is 0.166 e. The first-order chi connectivity index (χ1) is 10.5. The van der Waals surface area contributed by atoms with Crippen LogP contribution in [0.5, 0.6) is 0 Å². The van der Waals surface area contributed by atoms with Crippen LogP contribution in [0.1, 0.15) is 69.2 Å². The van der Waals surface area contributed by atoms with Crippen molar-refractivity contribution >= 4 is 17.9 Å². The fraction of sp³-hybridized carbons (Fsp3) is 0.842. The third-order valence-corrected chi connectivity index (χ3v) is 4.64. The first-order valence-corrected chi connectivity index (χ1v) is 8.33. The van der Waals surface area contributed by atoms with E-state index >= 15 is 0 Å². The van der Waals surface area contributed by atoms with Crippen LogP contribution in [-0.2, 0) is 23.9 Å². The van der Waals surface area contributed by atoms with Crippen LogP contribution in [-0.4, -0.2) is 41.8 Å². The van der Waals surface area contributed by atoms with Crippen molar-refractivity contribution in [2.24, 2.45) is 10.8 Å². The van der Waals surface area contributed by atoms with E-state index < -0.39 is 28.1 Å². The van der Waals surface area contributed by atoms with Crippen molar-refractivity contribution in [2.75, 3.05) is 6.61 Å². The van der Waals surface area contributed by atoms with Crippen LogP contribution in [0.15, 0.2) is 0 Å². The Morgan fingerprint density at radius 3 is 1.79 bits per heavy atom. The number of aldehydes is 1. The molecule has 0 spiro atoms. The molecule has 24 heavy (non-hydrogen) atoms. The molecule has 0 radical (unpaired) electrons. The number of carbonyl (C=O) groups excluding carboxylic acids is 3. The number of rotatable bonds is 9. The molecule has 0 amide bonds. The van der Waals surface area contributed by atoms with E-state index in [2.05, 4.69) is 0 Å². The van der Waals surface area contributed by atoms with E-state index in [-0.39, 0.29) is 18.2 Å². The highest BCUT2D eigenvalue weighted by Crippen LogP contribution is 2.37. The zero-order chi connectivity index (χ0) is 19.6. The molecule has 0 aliphatic rings. The molecule has 0 aromatic carbocycles. The van der Waals surface area contributed by atoms with Crippen molar-refractivity contribution in [3.05, 3.63) is 0 Å². The van der Waals surface area contributed by atoms with E-state index in [1.807, 2.05) is 20.8 Å². The summed E-state index contributed by atoms with van der Waals surface area (Å²) in [6.07, 6.45) is 0.0401. The lowest BCUT2D eigenvalue weighted by molar-refractivity contribution is -0.174. The number of ether oxygens (including phenoxy) is 2. The fourth-order valence-corrected chi connectivity index (χ4v) is 2.05. The van der Waals surface area contributed by atoms with Crippen molar-refractivity contribution in [1.29, 1.82) is 0 Å². The molecule has 5 heteroatoms. The average molecular weight is 342 g/mol. The van der Waals surface area contributed by atoms with Gasteiger partial charge in [-0.1, -0.05) is 34.6 Å². The van der Waals surface area contributed by atoms with Crippen LogP contribution in [0, 0.1) is 10.8 Å². The molecule has 0 aliphatic carbocycles. The standard InChI is InChI=1S/C19H34O5/c1-13(15(22)16(2,3)4)24-19(9,10)18(7,8)14(21)11-23-17(5,6)12-20/h12-13H,11H2,1-10H3. The predicted molar refractivity (Wildman–Crippen MR) is 94.0 cm³/mol. The van der Waals surface area contributed by atoms with Gasteiger partial charge < -0.3 is 14.3 Å². The molecule has 0 aromatic rings. The third kappa shape index (κ3) is 5.78. The molecule has 0 saturated carbocycles. The second-order valence-electron chi connectivity index (χ2n) is 8.94. The molecule has 1 atom stereocenters. The minimum absolute atomic E-state index is 0.0165. The lowest BCUT2D eigenvalue weighted by Gasteiger charge is -2.42. The Morgan fingerprint density at radius 2 is 1.42 bits per heavy atom. The predicted octanol–water partition coefficient (Wildman–Crippen LogP) is 3.37. The van der Waals surface area contributed by atoms with E-state index in [1.54, 1.807) is 48.5 Å². The molecular weight excluding hydrogens is 308 g/mol. The van der Waals surface area contributed by atoms with Gasteiger partial charge in [0.25, 0.3) is 0 Å². The van der Waals surface area contributed by atoms with Crippen LogP contribution < -0.4 is 0 Å². The van der Waals surface area contributed by atoms with Crippen molar-refractivity contribution in [2.45, 2.75) is 86.5 Å². The van der Waals surface area contributed by atoms with Gasteiger partial charge in [-0.15, -0.1) is 0 Å². The van der Waals surface area contributed by atoms with Crippen LogP contribution in [0.3, 0.4) is 0 Å². The largest absolute Gasteiger partial charge is 0.364 e. The van der Waals surface area contributed by atoms with Gasteiger partial charge in [0.05, 0.1) is 11.0 Å². The molecule has 1 unspecified atom stereocenters. The van der Waals surface area contributed by atoms with Gasteiger partial charge in [0.1, 0.15) is 18.3 Å². The summed E-state index contributed by atoms with van der Waals surface area (Å²) < 4.78 is 11.4. The highest BCUT2D eigenvalue weighted by Gasteiger charge is 2.46. The lowest BCUT2D eigenvalue weighted by atomic mass is 9.73. The summed E-state index contributed by atoms with van der Waals surface area (Å²) >= 11 is 0. The topological polar surface area (TPSA) is 69.7 Å². The van der Waals surface area contributed by atoms with Gasteiger partial charge in [-0.3, -0.25) is 9.59 Å². The summed E-state index contributed by atoms with van der Waals surface area (Å²) in [5.41, 5.74) is -3.29. The molecule has 140 valence electrons. The number of hydrogen-bond donors (Lipinski definition) is 0. The van der Waals surface area contributed by atoms with Gasteiger partial charge in [0, 0.05) is 5.41 Å². The molecule has 0 N–H and O–H groups in total. The zero-order valence-electron chi connectivity index (χ0n) is 16.9. The Kier molecular flexibility index (Phi) is 7.11. The first kappa shape index (κ1) is 22.9. The molecule has 0 saturated heterocycles. The summed E-state index contributed by atoms with van der Waals surface area (Å²) in [4.78, 5) is 35.9. The molecule has 0 fully saturated rings. The SMILES string of the molecule is CC(OC(C)(C)C(C)(C)C(=O)COC(C)(C)C=O)C(=O)C(C)(C)C. The second kappa shape index (κ2) is 7.44. The molecular formula is C19H34O5. The number of hydrogen-bond acceptors (Lipinski definition) is 5. The van der Waals surface area contributed by atoms with Crippen molar-refractivity contribution in [3.63, 3.8) is 0 Å². The molecule has 5 nitrogen and oxygen atoms in total. The quantitative estimate of drug-likeness (QED) is 0.601. The number of carbonyl (C=O) groups is 3. The Labute approximate surface area is 146 Å². The minimum Gasteiger partial charge on any atom is -0.364 e. The maximum atomic E-state index is 12.6. The summed E-state index contributed by atoms with van der Waals surface area (Å²) in [5, 5.41) is 0. The van der Waals surface area contributed by atoms with Gasteiger partial charge in [-0.25, -0.2) is 0 Å². The molecule has 0 heterocycles. The number of Topliss-reactive ketones (excluding diaryl/α,β-unsaturated/α-hetero) is 2. The van der Waals surface area contributed by atoms with Crippen LogP contribution >= 0.6 is 0 Å². The molecule has 0 aromatic heterocycles. The van der Waals surface area contributed by atoms with Crippen molar-refractivity contribution in [1.82, 2.24) is 0 Å². The van der Waals surface area contributed by atoms with Gasteiger partial charge in [0.2, 0.25) is 0 Å². The monoisotopic (exact) mass is 342 g/mol. The molecule has 0 rings (SSSR count). The second-order valence-corrected chi connectivity index (χ2v) is 8.94. The van der Waals surface area contributed by atoms with Crippen LogP contribution in [0.25, 0.3) is 0 Å². The van der Waals surface area contributed by atoms with E-state index in [1.165, 1.54) is 0 Å². The first-order valence-electron chi connectivity index (χ1n) is 8.33. The van der Waals surface area contributed by atoms with Gasteiger partial charge in [0.15, 0.2) is 17.9 Å². The Bertz CT molecular complexity index is 480. The highest BCUT2D eigenvalue weighted by molar-refractivity contribution is 5.88.